The van der Waals surface area contributed by atoms with Crippen molar-refractivity contribution in [2.75, 3.05) is 0 Å². The molecule has 0 aromatic heterocycles. The van der Waals surface area contributed by atoms with Crippen LogP contribution in [0.4, 0.5) is 0 Å². The van der Waals surface area contributed by atoms with Gasteiger partial charge >= 0.3 is 0 Å². The zero-order valence-corrected chi connectivity index (χ0v) is 18.6. The molecule has 1 spiro atoms. The molecular formula is C26H32O5. The van der Waals surface area contributed by atoms with Crippen molar-refractivity contribution in [2.45, 2.75) is 77.0 Å². The Morgan fingerprint density at radius 2 is 1.81 bits per heavy atom. The third-order valence-corrected chi connectivity index (χ3v) is 8.38. The van der Waals surface area contributed by atoms with Gasteiger partial charge in [0.1, 0.15) is 0 Å². The zero-order valence-electron chi connectivity index (χ0n) is 18.6. The van der Waals surface area contributed by atoms with Gasteiger partial charge < -0.3 is 14.2 Å². The molecule has 5 aliphatic rings. The summed E-state index contributed by atoms with van der Waals surface area (Å²) < 4.78 is 19.4. The average Bonchev–Trinajstić information content (AvgIpc) is 3.01. The largest absolute Gasteiger partial charge is 0.348 e. The van der Waals surface area contributed by atoms with Crippen LogP contribution in [0.25, 0.3) is 10.8 Å². The third-order valence-electron chi connectivity index (χ3n) is 8.38. The Hall–Kier alpha value is -1.50. The second kappa shape index (κ2) is 7.26. The fourth-order valence-corrected chi connectivity index (χ4v) is 6.65. The monoisotopic (exact) mass is 424 g/mol. The quantitative estimate of drug-likeness (QED) is 0.603. The molecule has 166 valence electrons. The molecule has 6 unspecified atom stereocenters. The van der Waals surface area contributed by atoms with Crippen molar-refractivity contribution in [1.82, 2.24) is 0 Å². The van der Waals surface area contributed by atoms with Crippen LogP contribution in [0.1, 0.15) is 52.0 Å². The third kappa shape index (κ3) is 3.01. The maximum absolute atomic E-state index is 6.54. The Bertz CT molecular complexity index is 972. The van der Waals surface area contributed by atoms with Crippen molar-refractivity contribution in [1.29, 1.82) is 0 Å². The van der Waals surface area contributed by atoms with Gasteiger partial charge in [-0.2, -0.15) is 0 Å². The minimum atomic E-state index is -0.752. The van der Waals surface area contributed by atoms with E-state index in [-0.39, 0.29) is 18.1 Å². The molecule has 2 aromatic rings. The highest BCUT2D eigenvalue weighted by atomic mass is 17.3. The molecule has 31 heavy (non-hydrogen) atoms. The van der Waals surface area contributed by atoms with Crippen LogP contribution in [0.2, 0.25) is 0 Å². The van der Waals surface area contributed by atoms with Crippen molar-refractivity contribution < 1.29 is 24.0 Å². The lowest BCUT2D eigenvalue weighted by Crippen LogP contribution is -2.70. The second-order valence-electron chi connectivity index (χ2n) is 10.2. The molecule has 2 bridgehead atoms. The highest BCUT2D eigenvalue weighted by Crippen LogP contribution is 2.60. The fraction of sp³-hybridized carbons (Fsp3) is 0.615. The van der Waals surface area contributed by atoms with Crippen molar-refractivity contribution in [2.24, 2.45) is 23.7 Å². The molecule has 5 fully saturated rings. The van der Waals surface area contributed by atoms with E-state index in [4.69, 9.17) is 24.0 Å². The summed E-state index contributed by atoms with van der Waals surface area (Å²) in [4.78, 5) is 12.1. The first-order chi connectivity index (χ1) is 15.0. The van der Waals surface area contributed by atoms with Crippen molar-refractivity contribution >= 4 is 10.8 Å². The lowest BCUT2D eigenvalue weighted by Gasteiger charge is -2.60. The van der Waals surface area contributed by atoms with Crippen molar-refractivity contribution in [3.05, 3.63) is 48.0 Å². The Kier molecular flexibility index (Phi) is 4.71. The SMILES string of the molecule is CC1CCC2[C@@H](C)C(OCc3cccc4ccccc34)OC3OC4(C)CCC1[C@]32OO4. The topological polar surface area (TPSA) is 46.2 Å². The summed E-state index contributed by atoms with van der Waals surface area (Å²) in [6, 6.07) is 14.8. The first-order valence-corrected chi connectivity index (χ1v) is 11.8. The summed E-state index contributed by atoms with van der Waals surface area (Å²) >= 11 is 0. The van der Waals surface area contributed by atoms with E-state index in [0.29, 0.717) is 18.4 Å². The van der Waals surface area contributed by atoms with Crippen LogP contribution >= 0.6 is 0 Å². The summed E-state index contributed by atoms with van der Waals surface area (Å²) in [5.74, 6) is 0.666. The summed E-state index contributed by atoms with van der Waals surface area (Å²) in [5.41, 5.74) is 0.644. The van der Waals surface area contributed by atoms with E-state index < -0.39 is 17.7 Å². The van der Waals surface area contributed by atoms with Gasteiger partial charge in [-0.1, -0.05) is 56.3 Å². The van der Waals surface area contributed by atoms with Gasteiger partial charge in [0.2, 0.25) is 5.79 Å². The predicted octanol–water partition coefficient (Wildman–Crippen LogP) is 5.56. The number of rotatable bonds is 3. The van der Waals surface area contributed by atoms with E-state index in [9.17, 15) is 0 Å². The molecule has 0 radical (unpaired) electrons. The van der Waals surface area contributed by atoms with Gasteiger partial charge in [-0.3, -0.25) is 0 Å². The Morgan fingerprint density at radius 3 is 2.71 bits per heavy atom. The van der Waals surface area contributed by atoms with E-state index in [1.54, 1.807) is 0 Å². The van der Waals surface area contributed by atoms with Crippen LogP contribution < -0.4 is 0 Å². The Labute approximate surface area is 183 Å². The van der Waals surface area contributed by atoms with Crippen LogP contribution in [-0.4, -0.2) is 24.0 Å². The molecule has 5 nitrogen and oxygen atoms in total. The number of benzene rings is 2. The summed E-state index contributed by atoms with van der Waals surface area (Å²) in [7, 11) is 0. The van der Waals surface area contributed by atoms with Crippen LogP contribution in [0.15, 0.2) is 42.5 Å². The minimum absolute atomic E-state index is 0.191. The predicted molar refractivity (Wildman–Crippen MR) is 116 cm³/mol. The van der Waals surface area contributed by atoms with Crippen LogP contribution in [0.5, 0.6) is 0 Å². The van der Waals surface area contributed by atoms with Crippen molar-refractivity contribution in [3.63, 3.8) is 0 Å². The van der Waals surface area contributed by atoms with Crippen molar-refractivity contribution in [3.8, 4) is 0 Å². The second-order valence-corrected chi connectivity index (χ2v) is 10.2. The Balaban J connectivity index is 1.29. The van der Waals surface area contributed by atoms with E-state index >= 15 is 0 Å². The normalized spacial score (nSPS) is 44.1. The maximum atomic E-state index is 6.54. The molecule has 2 aromatic carbocycles. The molecule has 4 heterocycles. The standard InChI is InChI=1S/C26H32O5/c1-16-11-12-22-17(2)23(27-15-19-9-6-8-18-7-4-5-10-20(18)19)28-24-26(22)21(16)13-14-25(3,29-24)30-31-26/h4-10,16-17,21-24H,11-15H2,1-3H3/t16?,17-,21?,22?,23?,24?,25?,26-/m1/s1. The van der Waals surface area contributed by atoms with Crippen LogP contribution in [-0.2, 0) is 30.6 Å². The number of hydrogen-bond donors (Lipinski definition) is 0. The zero-order chi connectivity index (χ0) is 21.2. The molecular weight excluding hydrogens is 392 g/mol. The highest BCUT2D eigenvalue weighted by molar-refractivity contribution is 5.85. The summed E-state index contributed by atoms with van der Waals surface area (Å²) in [5, 5.41) is 2.46. The first kappa shape index (κ1) is 20.1. The molecule has 1 aliphatic carbocycles. The van der Waals surface area contributed by atoms with E-state index in [1.807, 2.05) is 6.92 Å². The highest BCUT2D eigenvalue weighted by Gasteiger charge is 2.69. The van der Waals surface area contributed by atoms with Crippen LogP contribution in [0, 0.1) is 23.7 Å². The minimum Gasteiger partial charge on any atom is -0.348 e. The summed E-state index contributed by atoms with van der Waals surface area (Å²) in [6.07, 6.45) is 3.36. The fourth-order valence-electron chi connectivity index (χ4n) is 6.65. The van der Waals surface area contributed by atoms with E-state index in [1.165, 1.54) is 22.8 Å². The van der Waals surface area contributed by atoms with E-state index in [2.05, 4.69) is 56.3 Å². The average molecular weight is 425 g/mol. The molecule has 1 saturated carbocycles. The first-order valence-electron chi connectivity index (χ1n) is 11.8. The molecule has 8 atom stereocenters. The Morgan fingerprint density at radius 1 is 0.968 bits per heavy atom. The molecule has 5 heteroatoms. The molecule has 4 saturated heterocycles. The molecule has 0 N–H and O–H groups in total. The van der Waals surface area contributed by atoms with Gasteiger partial charge in [0.15, 0.2) is 18.2 Å². The van der Waals surface area contributed by atoms with E-state index in [0.717, 1.165) is 19.3 Å². The lowest BCUT2D eigenvalue weighted by atomic mass is 9.58. The smallest absolute Gasteiger partial charge is 0.201 e. The number of hydrogen-bond acceptors (Lipinski definition) is 5. The number of fused-ring (bicyclic) bond motifs is 3. The molecule has 7 rings (SSSR count). The van der Waals surface area contributed by atoms with Gasteiger partial charge in [0.25, 0.3) is 0 Å². The van der Waals surface area contributed by atoms with Crippen LogP contribution in [0.3, 0.4) is 0 Å². The molecule has 0 amide bonds. The maximum Gasteiger partial charge on any atom is 0.201 e. The lowest BCUT2D eigenvalue weighted by molar-refractivity contribution is -0.577. The van der Waals surface area contributed by atoms with Gasteiger partial charge in [-0.05, 0) is 54.4 Å². The van der Waals surface area contributed by atoms with Gasteiger partial charge in [0.05, 0.1) is 6.61 Å². The molecule has 4 aliphatic heterocycles. The van der Waals surface area contributed by atoms with Gasteiger partial charge in [0, 0.05) is 18.3 Å². The van der Waals surface area contributed by atoms with Gasteiger partial charge in [-0.25, -0.2) is 9.78 Å². The number of ether oxygens (including phenoxy) is 3. The summed E-state index contributed by atoms with van der Waals surface area (Å²) in [6.45, 7) is 7.05. The van der Waals surface area contributed by atoms with Gasteiger partial charge in [-0.15, -0.1) is 0 Å².